The third-order valence-electron chi connectivity index (χ3n) is 4.51. The van der Waals surface area contributed by atoms with Gasteiger partial charge < -0.3 is 19.2 Å². The van der Waals surface area contributed by atoms with Crippen molar-refractivity contribution in [2.24, 2.45) is 0 Å². The summed E-state index contributed by atoms with van der Waals surface area (Å²) in [5.41, 5.74) is -0.0571. The quantitative estimate of drug-likeness (QED) is 0.795. The monoisotopic (exact) mass is 384 g/mol. The molecule has 1 aliphatic rings. The molecule has 0 bridgehead atoms. The predicted octanol–water partition coefficient (Wildman–Crippen LogP) is 3.00. The Morgan fingerprint density at radius 2 is 1.89 bits per heavy atom. The minimum absolute atomic E-state index is 0.203. The normalized spacial score (nSPS) is 17.3. The Kier molecular flexibility index (Phi) is 6.41. The van der Waals surface area contributed by atoms with E-state index in [1.165, 1.54) is 12.1 Å². The Morgan fingerprint density at radius 1 is 1.11 bits per heavy atom. The van der Waals surface area contributed by atoms with Gasteiger partial charge in [-0.1, -0.05) is 6.07 Å². The fraction of sp³-hybridized carbons (Fsp3) is 0.474. The Labute approximate surface area is 155 Å². The second-order valence-electron chi connectivity index (χ2n) is 6.58. The van der Waals surface area contributed by atoms with E-state index < -0.39 is 17.8 Å². The lowest BCUT2D eigenvalue weighted by Crippen LogP contribution is -2.49. The van der Waals surface area contributed by atoms with Gasteiger partial charge in [0.25, 0.3) is 0 Å². The van der Waals surface area contributed by atoms with Crippen LogP contribution in [0, 0.1) is 0 Å². The molecule has 0 spiro atoms. The first-order chi connectivity index (χ1) is 12.9. The maximum Gasteiger partial charge on any atom is 0.416 e. The number of aliphatic hydroxyl groups is 1. The Bertz CT molecular complexity index is 698. The van der Waals surface area contributed by atoms with E-state index in [-0.39, 0.29) is 6.61 Å². The Morgan fingerprint density at radius 3 is 2.56 bits per heavy atom. The third-order valence-corrected chi connectivity index (χ3v) is 4.51. The van der Waals surface area contributed by atoms with Gasteiger partial charge in [0.1, 0.15) is 12.4 Å². The molecule has 1 fully saturated rings. The van der Waals surface area contributed by atoms with Gasteiger partial charge in [-0.2, -0.15) is 13.2 Å². The minimum atomic E-state index is -4.34. The minimum Gasteiger partial charge on any atom is -0.467 e. The van der Waals surface area contributed by atoms with Crippen molar-refractivity contribution in [3.05, 3.63) is 54.0 Å². The van der Waals surface area contributed by atoms with Gasteiger partial charge in [0.15, 0.2) is 0 Å². The summed E-state index contributed by atoms with van der Waals surface area (Å²) in [5.74, 6) is 0.705. The van der Waals surface area contributed by atoms with E-state index in [2.05, 4.69) is 4.90 Å². The summed E-state index contributed by atoms with van der Waals surface area (Å²) in [5, 5.41) is 10.1. The lowest BCUT2D eigenvalue weighted by atomic mass is 10.1. The smallest absolute Gasteiger partial charge is 0.416 e. The first kappa shape index (κ1) is 19.7. The number of alkyl halides is 3. The molecule has 27 heavy (non-hydrogen) atoms. The van der Waals surface area contributed by atoms with Crippen LogP contribution in [0.1, 0.15) is 11.3 Å². The molecule has 0 radical (unpaired) electrons. The summed E-state index contributed by atoms with van der Waals surface area (Å²) in [6.45, 7) is 3.55. The SMILES string of the molecule is OC(COCc1ccco1)CN1CCN(c2cccc(C(F)(F)F)c2)CC1. The van der Waals surface area contributed by atoms with Crippen molar-refractivity contribution in [3.8, 4) is 0 Å². The second-order valence-corrected chi connectivity index (χ2v) is 6.58. The molecule has 1 aromatic carbocycles. The van der Waals surface area contributed by atoms with Crippen LogP contribution in [0.15, 0.2) is 47.1 Å². The van der Waals surface area contributed by atoms with Crippen molar-refractivity contribution in [1.29, 1.82) is 0 Å². The topological polar surface area (TPSA) is 49.1 Å². The number of nitrogens with zero attached hydrogens (tertiary/aromatic N) is 2. The van der Waals surface area contributed by atoms with E-state index in [0.29, 0.717) is 50.8 Å². The van der Waals surface area contributed by atoms with Gasteiger partial charge >= 0.3 is 6.18 Å². The van der Waals surface area contributed by atoms with Crippen molar-refractivity contribution in [2.75, 3.05) is 44.2 Å². The lowest BCUT2D eigenvalue weighted by molar-refractivity contribution is -0.137. The standard InChI is InChI=1S/C19H23F3N2O3/c20-19(21,22)15-3-1-4-16(11-15)24-8-6-23(7-9-24)12-17(25)13-26-14-18-5-2-10-27-18/h1-5,10-11,17,25H,6-9,12-14H2. The molecule has 1 aliphatic heterocycles. The molecule has 1 N–H and O–H groups in total. The highest BCUT2D eigenvalue weighted by molar-refractivity contribution is 5.49. The molecule has 0 amide bonds. The number of β-amino-alcohol motifs (C(OH)–C–C–N with tert-alkyl or cyclic N) is 1. The highest BCUT2D eigenvalue weighted by atomic mass is 19.4. The number of halogens is 3. The van der Waals surface area contributed by atoms with Crippen molar-refractivity contribution in [1.82, 2.24) is 4.90 Å². The van der Waals surface area contributed by atoms with Crippen molar-refractivity contribution < 1.29 is 27.4 Å². The highest BCUT2D eigenvalue weighted by Crippen LogP contribution is 2.31. The lowest BCUT2D eigenvalue weighted by Gasteiger charge is -2.37. The van der Waals surface area contributed by atoms with Crippen LogP contribution in [0.3, 0.4) is 0 Å². The molecule has 0 aliphatic carbocycles. The van der Waals surface area contributed by atoms with Gasteiger partial charge in [-0.15, -0.1) is 0 Å². The summed E-state index contributed by atoms with van der Waals surface area (Å²) in [7, 11) is 0. The van der Waals surface area contributed by atoms with E-state index in [1.807, 2.05) is 4.90 Å². The van der Waals surface area contributed by atoms with E-state index >= 15 is 0 Å². The van der Waals surface area contributed by atoms with Gasteiger partial charge in [0.05, 0.1) is 24.5 Å². The first-order valence-electron chi connectivity index (χ1n) is 8.84. The summed E-state index contributed by atoms with van der Waals surface area (Å²) >= 11 is 0. The maximum atomic E-state index is 12.9. The molecule has 1 saturated heterocycles. The molecule has 1 atom stereocenters. The van der Waals surface area contributed by atoms with E-state index in [4.69, 9.17) is 9.15 Å². The summed E-state index contributed by atoms with van der Waals surface area (Å²) < 4.78 is 49.2. The zero-order chi connectivity index (χ0) is 19.3. The van der Waals surface area contributed by atoms with Crippen LogP contribution >= 0.6 is 0 Å². The largest absolute Gasteiger partial charge is 0.467 e. The van der Waals surface area contributed by atoms with Gasteiger partial charge in [0.2, 0.25) is 0 Å². The molecule has 1 unspecified atom stereocenters. The number of hydrogen-bond acceptors (Lipinski definition) is 5. The molecule has 3 rings (SSSR count). The van der Waals surface area contributed by atoms with E-state index in [1.54, 1.807) is 24.5 Å². The number of aliphatic hydroxyl groups excluding tert-OH is 1. The van der Waals surface area contributed by atoms with Gasteiger partial charge in [-0.25, -0.2) is 0 Å². The van der Waals surface area contributed by atoms with Crippen molar-refractivity contribution >= 4 is 5.69 Å². The molecule has 1 aromatic heterocycles. The summed E-state index contributed by atoms with van der Waals surface area (Å²) in [6, 6.07) is 8.98. The number of piperazine rings is 1. The second kappa shape index (κ2) is 8.77. The van der Waals surface area contributed by atoms with Gasteiger partial charge in [-0.3, -0.25) is 4.90 Å². The number of anilines is 1. The molecule has 5 nitrogen and oxygen atoms in total. The van der Waals surface area contributed by atoms with Crippen LogP contribution in [-0.2, 0) is 17.5 Å². The fourth-order valence-corrected chi connectivity index (χ4v) is 3.11. The van der Waals surface area contributed by atoms with E-state index in [0.717, 1.165) is 6.07 Å². The zero-order valence-electron chi connectivity index (χ0n) is 14.9. The first-order valence-corrected chi connectivity index (χ1v) is 8.84. The number of ether oxygens (including phenoxy) is 1. The van der Waals surface area contributed by atoms with Crippen LogP contribution in [0.2, 0.25) is 0 Å². The summed E-state index contributed by atoms with van der Waals surface area (Å²) in [6.07, 6.45) is -3.39. The maximum absolute atomic E-state index is 12.9. The molecule has 148 valence electrons. The predicted molar refractivity (Wildman–Crippen MR) is 94.5 cm³/mol. The van der Waals surface area contributed by atoms with Crippen LogP contribution < -0.4 is 4.90 Å². The van der Waals surface area contributed by atoms with E-state index in [9.17, 15) is 18.3 Å². The average Bonchev–Trinajstić information content (AvgIpc) is 3.15. The molecule has 2 heterocycles. The highest BCUT2D eigenvalue weighted by Gasteiger charge is 2.31. The summed E-state index contributed by atoms with van der Waals surface area (Å²) in [4.78, 5) is 4.02. The molecule has 8 heteroatoms. The molecular weight excluding hydrogens is 361 g/mol. The number of hydrogen-bond donors (Lipinski definition) is 1. The fourth-order valence-electron chi connectivity index (χ4n) is 3.11. The number of furan rings is 1. The Hall–Kier alpha value is -2.03. The van der Waals surface area contributed by atoms with Crippen LogP contribution in [0.25, 0.3) is 0 Å². The molecule has 2 aromatic rings. The van der Waals surface area contributed by atoms with Gasteiger partial charge in [-0.05, 0) is 30.3 Å². The molecular formula is C19H23F3N2O3. The third kappa shape index (κ3) is 5.72. The average molecular weight is 384 g/mol. The van der Waals surface area contributed by atoms with Crippen LogP contribution in [0.5, 0.6) is 0 Å². The van der Waals surface area contributed by atoms with Gasteiger partial charge in [0, 0.05) is 38.4 Å². The van der Waals surface area contributed by atoms with Crippen LogP contribution in [0.4, 0.5) is 18.9 Å². The van der Waals surface area contributed by atoms with Crippen molar-refractivity contribution in [2.45, 2.75) is 18.9 Å². The molecule has 0 saturated carbocycles. The Balaban J connectivity index is 1.42. The number of rotatable bonds is 7. The van der Waals surface area contributed by atoms with Crippen LogP contribution in [-0.4, -0.2) is 55.4 Å². The zero-order valence-corrected chi connectivity index (χ0v) is 14.9. The van der Waals surface area contributed by atoms with Crippen molar-refractivity contribution in [3.63, 3.8) is 0 Å². The number of benzene rings is 1.